The standard InChI is InChI=1S/C16H10F5NO3/c1-7(25-16(24)9-3-2-8(17)6-11(9)19)15(23)22-12-5-4-10(18)13(20)14(12)21/h2-7H,1H3,(H,22,23). The van der Waals surface area contributed by atoms with Gasteiger partial charge >= 0.3 is 5.97 Å². The topological polar surface area (TPSA) is 55.4 Å². The van der Waals surface area contributed by atoms with Crippen LogP contribution in [-0.4, -0.2) is 18.0 Å². The first-order valence-electron chi connectivity index (χ1n) is 6.81. The van der Waals surface area contributed by atoms with E-state index in [2.05, 4.69) is 4.74 Å². The molecule has 1 unspecified atom stereocenters. The SMILES string of the molecule is CC(OC(=O)c1ccc(F)cc1F)C(=O)Nc1ccc(F)c(F)c1F. The van der Waals surface area contributed by atoms with E-state index in [-0.39, 0.29) is 0 Å². The molecular formula is C16H10F5NO3. The summed E-state index contributed by atoms with van der Waals surface area (Å²) in [6.45, 7) is 1.09. The third kappa shape index (κ3) is 4.11. The second-order valence-electron chi connectivity index (χ2n) is 4.88. The Balaban J connectivity index is 2.08. The van der Waals surface area contributed by atoms with Crippen LogP contribution in [0.1, 0.15) is 17.3 Å². The summed E-state index contributed by atoms with van der Waals surface area (Å²) in [6, 6.07) is 3.48. The van der Waals surface area contributed by atoms with Gasteiger partial charge in [0.1, 0.15) is 11.6 Å². The van der Waals surface area contributed by atoms with E-state index >= 15 is 0 Å². The van der Waals surface area contributed by atoms with Crippen LogP contribution in [-0.2, 0) is 9.53 Å². The van der Waals surface area contributed by atoms with Gasteiger partial charge in [0, 0.05) is 6.07 Å². The van der Waals surface area contributed by atoms with E-state index in [1.165, 1.54) is 0 Å². The molecule has 2 aromatic rings. The molecule has 0 bridgehead atoms. The number of benzene rings is 2. The lowest BCUT2D eigenvalue weighted by atomic mass is 10.2. The zero-order valence-corrected chi connectivity index (χ0v) is 12.6. The van der Waals surface area contributed by atoms with Crippen LogP contribution in [0.25, 0.3) is 0 Å². The number of amides is 1. The molecule has 0 heterocycles. The summed E-state index contributed by atoms with van der Waals surface area (Å²) in [5.41, 5.74) is -1.28. The van der Waals surface area contributed by atoms with Gasteiger partial charge in [-0.3, -0.25) is 4.79 Å². The van der Waals surface area contributed by atoms with Crippen LogP contribution >= 0.6 is 0 Å². The van der Waals surface area contributed by atoms with Crippen LogP contribution in [0.2, 0.25) is 0 Å². The molecule has 2 aromatic carbocycles. The van der Waals surface area contributed by atoms with Crippen molar-refractivity contribution in [3.8, 4) is 0 Å². The van der Waals surface area contributed by atoms with Gasteiger partial charge in [0.2, 0.25) is 0 Å². The molecule has 2 rings (SSSR count). The molecule has 9 heteroatoms. The monoisotopic (exact) mass is 359 g/mol. The molecule has 25 heavy (non-hydrogen) atoms. The summed E-state index contributed by atoms with van der Waals surface area (Å²) in [4.78, 5) is 23.6. The number of hydrogen-bond donors (Lipinski definition) is 1. The van der Waals surface area contributed by atoms with Crippen LogP contribution in [0.15, 0.2) is 30.3 Å². The van der Waals surface area contributed by atoms with Crippen molar-refractivity contribution >= 4 is 17.6 Å². The molecule has 0 saturated carbocycles. The number of anilines is 1. The Labute approximate surface area is 138 Å². The van der Waals surface area contributed by atoms with Gasteiger partial charge < -0.3 is 10.1 Å². The Hall–Kier alpha value is -2.97. The van der Waals surface area contributed by atoms with Crippen molar-refractivity contribution in [1.82, 2.24) is 0 Å². The summed E-state index contributed by atoms with van der Waals surface area (Å²) in [7, 11) is 0. The van der Waals surface area contributed by atoms with Crippen LogP contribution in [0.5, 0.6) is 0 Å². The molecule has 1 amide bonds. The molecule has 0 saturated heterocycles. The van der Waals surface area contributed by atoms with Gasteiger partial charge in [0.15, 0.2) is 23.6 Å². The molecule has 0 aliphatic heterocycles. The Morgan fingerprint density at radius 1 is 0.960 bits per heavy atom. The summed E-state index contributed by atoms with van der Waals surface area (Å²) in [6.07, 6.45) is -1.52. The van der Waals surface area contributed by atoms with Crippen LogP contribution in [0, 0.1) is 29.1 Å². The highest BCUT2D eigenvalue weighted by Gasteiger charge is 2.23. The molecule has 0 aliphatic rings. The highest BCUT2D eigenvalue weighted by Crippen LogP contribution is 2.20. The maximum Gasteiger partial charge on any atom is 0.341 e. The van der Waals surface area contributed by atoms with Crippen molar-refractivity contribution < 1.29 is 36.3 Å². The second-order valence-corrected chi connectivity index (χ2v) is 4.88. The van der Waals surface area contributed by atoms with Gasteiger partial charge in [-0.15, -0.1) is 0 Å². The number of rotatable bonds is 4. The zero-order valence-electron chi connectivity index (χ0n) is 12.6. The second kappa shape index (κ2) is 7.29. The van der Waals surface area contributed by atoms with E-state index in [4.69, 9.17) is 0 Å². The summed E-state index contributed by atoms with van der Waals surface area (Å²) in [5.74, 6) is -9.28. The van der Waals surface area contributed by atoms with Crippen molar-refractivity contribution in [2.75, 3.05) is 5.32 Å². The summed E-state index contributed by atoms with van der Waals surface area (Å²) < 4.78 is 70.3. The number of ether oxygens (including phenoxy) is 1. The molecule has 4 nitrogen and oxygen atoms in total. The van der Waals surface area contributed by atoms with Gasteiger partial charge in [-0.1, -0.05) is 0 Å². The predicted molar refractivity (Wildman–Crippen MR) is 76.2 cm³/mol. The van der Waals surface area contributed by atoms with Crippen molar-refractivity contribution in [2.45, 2.75) is 13.0 Å². The van der Waals surface area contributed by atoms with Crippen molar-refractivity contribution in [1.29, 1.82) is 0 Å². The normalized spacial score (nSPS) is 11.8. The molecule has 0 spiro atoms. The van der Waals surface area contributed by atoms with E-state index < -0.39 is 58.3 Å². The van der Waals surface area contributed by atoms with Gasteiger partial charge in [-0.05, 0) is 31.2 Å². The lowest BCUT2D eigenvalue weighted by molar-refractivity contribution is -0.123. The van der Waals surface area contributed by atoms with Crippen LogP contribution in [0.4, 0.5) is 27.6 Å². The molecule has 0 aromatic heterocycles. The van der Waals surface area contributed by atoms with E-state index in [0.717, 1.165) is 25.1 Å². The van der Waals surface area contributed by atoms with Crippen molar-refractivity contribution in [2.24, 2.45) is 0 Å². The van der Waals surface area contributed by atoms with E-state index in [9.17, 15) is 31.5 Å². The molecule has 1 N–H and O–H groups in total. The van der Waals surface area contributed by atoms with E-state index in [0.29, 0.717) is 12.1 Å². The maximum absolute atomic E-state index is 13.5. The maximum atomic E-state index is 13.5. The Morgan fingerprint density at radius 2 is 1.64 bits per heavy atom. The molecule has 0 fully saturated rings. The number of carbonyl (C=O) groups excluding carboxylic acids is 2. The third-order valence-electron chi connectivity index (χ3n) is 3.10. The average molecular weight is 359 g/mol. The minimum Gasteiger partial charge on any atom is -0.449 e. The van der Waals surface area contributed by atoms with Crippen LogP contribution < -0.4 is 5.32 Å². The number of halogens is 5. The third-order valence-corrected chi connectivity index (χ3v) is 3.10. The molecule has 0 radical (unpaired) electrons. The lowest BCUT2D eigenvalue weighted by Gasteiger charge is -2.14. The number of hydrogen-bond acceptors (Lipinski definition) is 3. The molecule has 132 valence electrons. The fourth-order valence-electron chi connectivity index (χ4n) is 1.79. The minimum absolute atomic E-state index is 0.456. The zero-order chi connectivity index (χ0) is 18.7. The minimum atomic E-state index is -1.78. The number of esters is 1. The van der Waals surface area contributed by atoms with E-state index in [1.807, 2.05) is 5.32 Å². The van der Waals surface area contributed by atoms with Crippen molar-refractivity contribution in [3.63, 3.8) is 0 Å². The van der Waals surface area contributed by atoms with Gasteiger partial charge in [0.05, 0.1) is 11.3 Å². The van der Waals surface area contributed by atoms with Crippen molar-refractivity contribution in [3.05, 3.63) is 65.0 Å². The lowest BCUT2D eigenvalue weighted by Crippen LogP contribution is -2.30. The smallest absolute Gasteiger partial charge is 0.341 e. The van der Waals surface area contributed by atoms with Gasteiger partial charge in [-0.25, -0.2) is 26.7 Å². The first-order chi connectivity index (χ1) is 11.7. The first-order valence-corrected chi connectivity index (χ1v) is 6.81. The number of carbonyl (C=O) groups is 2. The van der Waals surface area contributed by atoms with Crippen LogP contribution in [0.3, 0.4) is 0 Å². The molecule has 0 aliphatic carbocycles. The summed E-state index contributed by atoms with van der Waals surface area (Å²) >= 11 is 0. The molecule has 1 atom stereocenters. The fraction of sp³-hybridized carbons (Fsp3) is 0.125. The Bertz CT molecular complexity index is 841. The van der Waals surface area contributed by atoms with Gasteiger partial charge in [-0.2, -0.15) is 0 Å². The van der Waals surface area contributed by atoms with Gasteiger partial charge in [0.25, 0.3) is 5.91 Å². The fourth-order valence-corrected chi connectivity index (χ4v) is 1.79. The highest BCUT2D eigenvalue weighted by atomic mass is 19.2. The highest BCUT2D eigenvalue weighted by molar-refractivity contribution is 5.97. The quantitative estimate of drug-likeness (QED) is 0.516. The number of nitrogens with one attached hydrogen (secondary N) is 1. The Kier molecular flexibility index (Phi) is 5.35. The van der Waals surface area contributed by atoms with E-state index in [1.54, 1.807) is 0 Å². The Morgan fingerprint density at radius 3 is 2.28 bits per heavy atom. The molecular weight excluding hydrogens is 349 g/mol. The average Bonchev–Trinajstić information content (AvgIpc) is 2.55. The summed E-state index contributed by atoms with van der Waals surface area (Å²) in [5, 5.41) is 1.91. The predicted octanol–water partition coefficient (Wildman–Crippen LogP) is 3.57. The largest absolute Gasteiger partial charge is 0.449 e. The first kappa shape index (κ1) is 18.4.